The van der Waals surface area contributed by atoms with Gasteiger partial charge < -0.3 is 11.5 Å². The molecule has 0 rings (SSSR count). The number of carbonyl (C=O) groups is 2. The monoisotopic (exact) mass is 424 g/mol. The van der Waals surface area contributed by atoms with Crippen LogP contribution in [0.5, 0.6) is 0 Å². The van der Waals surface area contributed by atoms with Gasteiger partial charge in [-0.05, 0) is 24.7 Å². The standard InChI is InChI=1S/C26H52N2O2/c1-4-7-10-13-15-18-21-26(20-17-12-9-6-3,23(24(27)29)25(28)30)22-19-16-14-11-8-5-2/h23H,4-22H2,1-3H3,(H2,27,29)(H2,28,30). The summed E-state index contributed by atoms with van der Waals surface area (Å²) in [5.41, 5.74) is 11.2. The third kappa shape index (κ3) is 12.6. The van der Waals surface area contributed by atoms with E-state index in [1.54, 1.807) is 0 Å². The van der Waals surface area contributed by atoms with Crippen molar-refractivity contribution in [1.82, 2.24) is 0 Å². The molecule has 0 heterocycles. The lowest BCUT2D eigenvalue weighted by Crippen LogP contribution is -2.47. The van der Waals surface area contributed by atoms with Gasteiger partial charge in [-0.2, -0.15) is 0 Å². The zero-order valence-corrected chi connectivity index (χ0v) is 20.5. The summed E-state index contributed by atoms with van der Waals surface area (Å²) >= 11 is 0. The molecule has 0 aliphatic carbocycles. The maximum absolute atomic E-state index is 12.3. The number of amides is 2. The molecule has 0 aromatic rings. The van der Waals surface area contributed by atoms with E-state index in [0.29, 0.717) is 0 Å². The van der Waals surface area contributed by atoms with Gasteiger partial charge in [-0.25, -0.2) is 0 Å². The van der Waals surface area contributed by atoms with Crippen LogP contribution in [0, 0.1) is 11.3 Å². The Balaban J connectivity index is 5.21. The highest BCUT2D eigenvalue weighted by atomic mass is 16.2. The summed E-state index contributed by atoms with van der Waals surface area (Å²) in [7, 11) is 0. The molecule has 30 heavy (non-hydrogen) atoms. The molecule has 0 aromatic carbocycles. The van der Waals surface area contributed by atoms with E-state index >= 15 is 0 Å². The van der Waals surface area contributed by atoms with Crippen molar-refractivity contribution in [1.29, 1.82) is 0 Å². The van der Waals surface area contributed by atoms with Crippen molar-refractivity contribution in [3.05, 3.63) is 0 Å². The largest absolute Gasteiger partial charge is 0.369 e. The topological polar surface area (TPSA) is 86.2 Å². The fourth-order valence-corrected chi connectivity index (χ4v) is 4.97. The first-order valence-corrected chi connectivity index (χ1v) is 13.0. The second-order valence-corrected chi connectivity index (χ2v) is 9.45. The van der Waals surface area contributed by atoms with Crippen LogP contribution in [0.15, 0.2) is 0 Å². The van der Waals surface area contributed by atoms with Gasteiger partial charge in [0.15, 0.2) is 0 Å². The molecule has 0 aromatic heterocycles. The Hall–Kier alpha value is -1.06. The highest BCUT2D eigenvalue weighted by Crippen LogP contribution is 2.44. The van der Waals surface area contributed by atoms with Crippen LogP contribution in [0.1, 0.15) is 143 Å². The predicted octanol–water partition coefficient (Wildman–Crippen LogP) is 7.03. The third-order valence-electron chi connectivity index (χ3n) is 6.77. The lowest BCUT2D eigenvalue weighted by Gasteiger charge is -2.39. The van der Waals surface area contributed by atoms with Crippen molar-refractivity contribution in [2.24, 2.45) is 22.8 Å². The number of unbranched alkanes of at least 4 members (excludes halogenated alkanes) is 13. The fourth-order valence-electron chi connectivity index (χ4n) is 4.97. The number of nitrogens with two attached hydrogens (primary N) is 2. The number of rotatable bonds is 22. The Morgan fingerprint density at radius 3 is 1.10 bits per heavy atom. The molecule has 0 unspecified atom stereocenters. The first-order valence-electron chi connectivity index (χ1n) is 13.0. The molecule has 0 spiro atoms. The minimum absolute atomic E-state index is 0.346. The molecule has 0 bridgehead atoms. The Bertz CT molecular complexity index is 407. The van der Waals surface area contributed by atoms with Crippen LogP contribution in [0.3, 0.4) is 0 Å². The van der Waals surface area contributed by atoms with Crippen molar-refractivity contribution < 1.29 is 9.59 Å². The minimum Gasteiger partial charge on any atom is -0.369 e. The zero-order chi connectivity index (χ0) is 22.7. The van der Waals surface area contributed by atoms with Crippen LogP contribution in [-0.2, 0) is 9.59 Å². The summed E-state index contributed by atoms with van der Waals surface area (Å²) in [5, 5.41) is 0. The summed E-state index contributed by atoms with van der Waals surface area (Å²) in [6.07, 6.45) is 21.8. The first kappa shape index (κ1) is 28.9. The summed E-state index contributed by atoms with van der Waals surface area (Å²) in [6, 6.07) is 0. The molecule has 0 aliphatic heterocycles. The molecule has 0 aliphatic rings. The highest BCUT2D eigenvalue weighted by Gasteiger charge is 2.44. The molecule has 178 valence electrons. The number of hydrogen-bond acceptors (Lipinski definition) is 2. The van der Waals surface area contributed by atoms with E-state index in [-0.39, 0.29) is 5.41 Å². The van der Waals surface area contributed by atoms with E-state index in [4.69, 9.17) is 11.5 Å². The van der Waals surface area contributed by atoms with Gasteiger partial charge in [0.2, 0.25) is 11.8 Å². The maximum Gasteiger partial charge on any atom is 0.230 e. The quantitative estimate of drug-likeness (QED) is 0.144. The van der Waals surface area contributed by atoms with E-state index in [0.717, 1.165) is 57.8 Å². The summed E-state index contributed by atoms with van der Waals surface area (Å²) in [6.45, 7) is 6.66. The number of primary amides is 2. The molecule has 0 atom stereocenters. The van der Waals surface area contributed by atoms with E-state index < -0.39 is 17.7 Å². The van der Waals surface area contributed by atoms with E-state index in [1.807, 2.05) is 0 Å². The molecule has 2 amide bonds. The molecule has 4 nitrogen and oxygen atoms in total. The second kappa shape index (κ2) is 18.7. The van der Waals surface area contributed by atoms with Crippen LogP contribution < -0.4 is 11.5 Å². The van der Waals surface area contributed by atoms with Crippen LogP contribution in [0.25, 0.3) is 0 Å². The molecule has 0 saturated heterocycles. The Labute approximate surface area is 187 Å². The van der Waals surface area contributed by atoms with Gasteiger partial charge in [-0.1, -0.05) is 124 Å². The Kier molecular flexibility index (Phi) is 18.0. The smallest absolute Gasteiger partial charge is 0.230 e. The van der Waals surface area contributed by atoms with E-state index in [1.165, 1.54) is 64.2 Å². The van der Waals surface area contributed by atoms with Gasteiger partial charge in [0.25, 0.3) is 0 Å². The van der Waals surface area contributed by atoms with Crippen molar-refractivity contribution in [2.45, 2.75) is 143 Å². The van der Waals surface area contributed by atoms with Gasteiger partial charge in [-0.3, -0.25) is 9.59 Å². The SMILES string of the molecule is CCCCCCCCC(CCCCCC)(CCCCCCCC)C(C(N)=O)C(N)=O. The maximum atomic E-state index is 12.3. The average molecular weight is 425 g/mol. The Morgan fingerprint density at radius 1 is 0.533 bits per heavy atom. The summed E-state index contributed by atoms with van der Waals surface area (Å²) in [4.78, 5) is 24.7. The third-order valence-corrected chi connectivity index (χ3v) is 6.77. The van der Waals surface area contributed by atoms with Crippen LogP contribution >= 0.6 is 0 Å². The highest BCUT2D eigenvalue weighted by molar-refractivity contribution is 5.99. The average Bonchev–Trinajstić information content (AvgIpc) is 2.70. The predicted molar refractivity (Wildman–Crippen MR) is 129 cm³/mol. The Morgan fingerprint density at radius 2 is 0.800 bits per heavy atom. The molecule has 0 radical (unpaired) electrons. The molecular formula is C26H52N2O2. The molecule has 4 N–H and O–H groups in total. The van der Waals surface area contributed by atoms with Gasteiger partial charge >= 0.3 is 0 Å². The van der Waals surface area contributed by atoms with Gasteiger partial charge in [0, 0.05) is 0 Å². The zero-order valence-electron chi connectivity index (χ0n) is 20.5. The first-order chi connectivity index (χ1) is 14.4. The normalized spacial score (nSPS) is 11.9. The van der Waals surface area contributed by atoms with E-state index in [2.05, 4.69) is 20.8 Å². The van der Waals surface area contributed by atoms with Crippen molar-refractivity contribution >= 4 is 11.8 Å². The number of hydrogen-bond donors (Lipinski definition) is 2. The molecule has 0 saturated carbocycles. The second-order valence-electron chi connectivity index (χ2n) is 9.45. The van der Waals surface area contributed by atoms with Crippen molar-refractivity contribution in [2.75, 3.05) is 0 Å². The summed E-state index contributed by atoms with van der Waals surface area (Å²) in [5.74, 6) is -1.87. The van der Waals surface area contributed by atoms with Crippen LogP contribution in [0.4, 0.5) is 0 Å². The minimum atomic E-state index is -0.828. The summed E-state index contributed by atoms with van der Waals surface area (Å²) < 4.78 is 0. The van der Waals surface area contributed by atoms with Gasteiger partial charge in [0.1, 0.15) is 5.92 Å². The van der Waals surface area contributed by atoms with Gasteiger partial charge in [0.05, 0.1) is 0 Å². The van der Waals surface area contributed by atoms with Crippen LogP contribution in [-0.4, -0.2) is 11.8 Å². The fraction of sp³-hybridized carbons (Fsp3) is 0.923. The van der Waals surface area contributed by atoms with Crippen LogP contribution in [0.2, 0.25) is 0 Å². The number of carbonyl (C=O) groups excluding carboxylic acids is 2. The van der Waals surface area contributed by atoms with E-state index in [9.17, 15) is 9.59 Å². The lowest BCUT2D eigenvalue weighted by molar-refractivity contribution is -0.138. The molecule has 0 fully saturated rings. The van der Waals surface area contributed by atoms with Crippen molar-refractivity contribution in [3.63, 3.8) is 0 Å². The molecule has 4 heteroatoms. The molecular weight excluding hydrogens is 372 g/mol. The van der Waals surface area contributed by atoms with Crippen molar-refractivity contribution in [3.8, 4) is 0 Å². The lowest BCUT2D eigenvalue weighted by atomic mass is 9.65. The van der Waals surface area contributed by atoms with Gasteiger partial charge in [-0.15, -0.1) is 0 Å².